The van der Waals surface area contributed by atoms with Crippen LogP contribution in [0.4, 0.5) is 10.5 Å². The van der Waals surface area contributed by atoms with E-state index in [0.717, 1.165) is 27.9 Å². The Morgan fingerprint density at radius 3 is 2.59 bits per heavy atom. The van der Waals surface area contributed by atoms with E-state index in [0.29, 0.717) is 28.6 Å². The van der Waals surface area contributed by atoms with E-state index in [-0.39, 0.29) is 0 Å². The molecule has 0 saturated heterocycles. The predicted octanol–water partition coefficient (Wildman–Crippen LogP) is 6.20. The average molecular weight is 431 g/mol. The van der Waals surface area contributed by atoms with Crippen molar-refractivity contribution in [3.63, 3.8) is 0 Å². The van der Waals surface area contributed by atoms with Crippen LogP contribution in [-0.4, -0.2) is 12.3 Å². The second kappa shape index (κ2) is 9.76. The number of hydrogen-bond donors (Lipinski definition) is 2. The van der Waals surface area contributed by atoms with Crippen molar-refractivity contribution in [2.24, 2.45) is 5.73 Å². The first-order chi connectivity index (χ1) is 14.0. The first kappa shape index (κ1) is 21.1. The van der Waals surface area contributed by atoms with E-state index in [1.165, 1.54) is 0 Å². The maximum Gasteiger partial charge on any atom is 0.329 e. The maximum absolute atomic E-state index is 11.4. The molecule has 1 atom stereocenters. The molecule has 29 heavy (non-hydrogen) atoms. The lowest BCUT2D eigenvalue weighted by Crippen LogP contribution is -2.27. The number of nitrogens with two attached hydrogens (primary N) is 1. The van der Waals surface area contributed by atoms with Gasteiger partial charge in [-0.05, 0) is 30.7 Å². The Labute approximate surface area is 180 Å². The van der Waals surface area contributed by atoms with Crippen LogP contribution in [0.25, 0.3) is 10.8 Å². The van der Waals surface area contributed by atoms with E-state index >= 15 is 0 Å². The number of nitrogens with zero attached hydrogens (tertiary/aromatic N) is 1. The van der Waals surface area contributed by atoms with Gasteiger partial charge < -0.3 is 15.2 Å². The summed E-state index contributed by atoms with van der Waals surface area (Å²) in [4.78, 5) is 11.4. The van der Waals surface area contributed by atoms with Gasteiger partial charge in [-0.25, -0.2) is 9.10 Å². The highest BCUT2D eigenvalue weighted by Crippen LogP contribution is 2.33. The smallest absolute Gasteiger partial charge is 0.329 e. The quantitative estimate of drug-likeness (QED) is 0.330. The molecule has 7 heteroatoms. The summed E-state index contributed by atoms with van der Waals surface area (Å²) < 4.78 is 13.4. The van der Waals surface area contributed by atoms with Gasteiger partial charge in [-0.3, -0.25) is 0 Å². The third-order valence-electron chi connectivity index (χ3n) is 4.42. The molecule has 0 aliphatic heterocycles. The number of urea groups is 1. The van der Waals surface area contributed by atoms with Crippen LogP contribution in [0.15, 0.2) is 60.7 Å². The summed E-state index contributed by atoms with van der Waals surface area (Å²) in [6, 6.07) is 17.8. The molecule has 2 amide bonds. The minimum Gasteiger partial charge on any atom is -0.455 e. The van der Waals surface area contributed by atoms with Crippen molar-refractivity contribution in [1.29, 1.82) is 0 Å². The number of rotatable bonds is 8. The normalized spacial score (nSPS) is 11.8. The number of thiol groups is 1. The molecule has 0 radical (unpaired) electrons. The van der Waals surface area contributed by atoms with Crippen LogP contribution >= 0.6 is 24.4 Å². The summed E-state index contributed by atoms with van der Waals surface area (Å²) in [7, 11) is 0. The number of unbranched alkanes of at least 4 members (excludes halogenated alkanes) is 1. The molecule has 3 rings (SSSR count). The molecule has 1 unspecified atom stereocenters. The van der Waals surface area contributed by atoms with Crippen LogP contribution in [0.2, 0.25) is 5.02 Å². The number of fused-ring (bicyclic) bond motifs is 1. The second-order valence-electron chi connectivity index (χ2n) is 6.55. The number of benzene rings is 3. The van der Waals surface area contributed by atoms with Gasteiger partial charge in [-0.2, -0.15) is 0 Å². The molecule has 0 heterocycles. The zero-order valence-corrected chi connectivity index (χ0v) is 17.7. The Kier molecular flexibility index (Phi) is 7.12. The highest BCUT2D eigenvalue weighted by molar-refractivity contribution is 7.82. The third-order valence-corrected chi connectivity index (χ3v) is 5.18. The number of anilines is 1. The Balaban J connectivity index is 1.85. The molecule has 3 aromatic carbocycles. The Hall–Kier alpha value is -2.57. The maximum atomic E-state index is 11.4. The first-order valence-corrected chi connectivity index (χ1v) is 10.2. The highest BCUT2D eigenvalue weighted by atomic mass is 35.5. The molecule has 0 saturated carbocycles. The zero-order chi connectivity index (χ0) is 20.8. The molecular weight excluding hydrogens is 408 g/mol. The van der Waals surface area contributed by atoms with Crippen molar-refractivity contribution < 1.29 is 14.3 Å². The lowest BCUT2D eigenvalue weighted by atomic mass is 10.1. The van der Waals surface area contributed by atoms with Crippen molar-refractivity contribution >= 4 is 46.9 Å². The summed E-state index contributed by atoms with van der Waals surface area (Å²) in [5, 5.41) is 2.52. The van der Waals surface area contributed by atoms with Gasteiger partial charge in [0.2, 0.25) is 6.29 Å². The Morgan fingerprint density at radius 2 is 1.86 bits per heavy atom. The number of carbonyl (C=O) groups excluding carboxylic acids is 1. The fourth-order valence-electron chi connectivity index (χ4n) is 2.96. The van der Waals surface area contributed by atoms with Gasteiger partial charge in [0.05, 0.1) is 5.69 Å². The van der Waals surface area contributed by atoms with E-state index in [4.69, 9.17) is 26.8 Å². The molecule has 2 N–H and O–H groups in total. The summed E-state index contributed by atoms with van der Waals surface area (Å²) in [5.41, 5.74) is 5.80. The van der Waals surface area contributed by atoms with Gasteiger partial charge >= 0.3 is 6.03 Å². The molecular formula is C22H23ClN2O3S. The van der Waals surface area contributed by atoms with Crippen molar-refractivity contribution in [2.75, 3.05) is 4.31 Å². The molecule has 0 bridgehead atoms. The van der Waals surface area contributed by atoms with Gasteiger partial charge in [-0.15, -0.1) is 0 Å². The van der Waals surface area contributed by atoms with E-state index in [2.05, 4.69) is 19.7 Å². The van der Waals surface area contributed by atoms with Crippen LogP contribution in [0, 0.1) is 0 Å². The minimum atomic E-state index is -0.670. The molecule has 0 aliphatic rings. The predicted molar refractivity (Wildman–Crippen MR) is 121 cm³/mol. The fraction of sp³-hybridized carbons (Fsp3) is 0.227. The highest BCUT2D eigenvalue weighted by Gasteiger charge is 2.16. The third kappa shape index (κ3) is 5.28. The van der Waals surface area contributed by atoms with E-state index in [1.807, 2.05) is 36.4 Å². The van der Waals surface area contributed by atoms with Gasteiger partial charge in [0.1, 0.15) is 11.5 Å². The Morgan fingerprint density at radius 1 is 1.10 bits per heavy atom. The molecule has 152 valence electrons. The fourth-order valence-corrected chi connectivity index (χ4v) is 3.31. The van der Waals surface area contributed by atoms with Crippen LogP contribution in [0.5, 0.6) is 11.5 Å². The van der Waals surface area contributed by atoms with Crippen LogP contribution in [0.3, 0.4) is 0 Å². The van der Waals surface area contributed by atoms with Crippen LogP contribution in [-0.2, 0) is 0 Å². The molecule has 0 aliphatic carbocycles. The molecule has 0 fully saturated rings. The Bertz CT molecular complexity index is 999. The number of amides is 2. The molecule has 3 aromatic rings. The number of primary amides is 1. The summed E-state index contributed by atoms with van der Waals surface area (Å²) in [6.45, 7) is 2.11. The monoisotopic (exact) mass is 430 g/mol. The number of carbonyl (C=O) groups is 1. The summed E-state index contributed by atoms with van der Waals surface area (Å²) in [5.74, 6) is 1.26. The molecule has 0 spiro atoms. The SMILES string of the molecule is CCCCC(Oc1cccc(N(S)C(N)=O)c1)Oc1ccc(Cl)c2ccccc12. The first-order valence-electron chi connectivity index (χ1n) is 9.38. The van der Waals surface area contributed by atoms with Crippen molar-refractivity contribution in [2.45, 2.75) is 32.5 Å². The molecule has 0 aromatic heterocycles. The van der Waals surface area contributed by atoms with E-state index in [9.17, 15) is 4.79 Å². The summed E-state index contributed by atoms with van der Waals surface area (Å²) in [6.07, 6.45) is 2.15. The topological polar surface area (TPSA) is 64.8 Å². The molecule has 5 nitrogen and oxygen atoms in total. The standard InChI is InChI=1S/C22H23ClN2O3S/c1-2-3-11-21(27-16-8-6-7-15(14-16)25(29)22(24)26)28-20-13-12-19(23)17-9-4-5-10-18(17)20/h4-10,12-14,21,29H,2-3,11H2,1H3,(H2,24,26). The lowest BCUT2D eigenvalue weighted by Gasteiger charge is -2.22. The van der Waals surface area contributed by atoms with E-state index in [1.54, 1.807) is 24.3 Å². The van der Waals surface area contributed by atoms with Gasteiger partial charge in [0.15, 0.2) is 0 Å². The van der Waals surface area contributed by atoms with Crippen LogP contribution < -0.4 is 19.5 Å². The van der Waals surface area contributed by atoms with Gasteiger partial charge in [0, 0.05) is 28.3 Å². The van der Waals surface area contributed by atoms with Gasteiger partial charge in [-0.1, -0.05) is 68.1 Å². The van der Waals surface area contributed by atoms with Crippen molar-refractivity contribution in [1.82, 2.24) is 0 Å². The largest absolute Gasteiger partial charge is 0.455 e. The lowest BCUT2D eigenvalue weighted by molar-refractivity contribution is -0.000926. The van der Waals surface area contributed by atoms with Gasteiger partial charge in [0.25, 0.3) is 0 Å². The number of ether oxygens (including phenoxy) is 2. The summed E-state index contributed by atoms with van der Waals surface area (Å²) >= 11 is 10.4. The zero-order valence-electron chi connectivity index (χ0n) is 16.0. The van der Waals surface area contributed by atoms with Crippen LogP contribution in [0.1, 0.15) is 26.2 Å². The number of halogens is 1. The van der Waals surface area contributed by atoms with Crippen molar-refractivity contribution in [3.8, 4) is 11.5 Å². The minimum absolute atomic E-state index is 0.503. The van der Waals surface area contributed by atoms with Crippen molar-refractivity contribution in [3.05, 3.63) is 65.7 Å². The van der Waals surface area contributed by atoms with E-state index < -0.39 is 12.3 Å². The second-order valence-corrected chi connectivity index (χ2v) is 7.35. The average Bonchev–Trinajstić information content (AvgIpc) is 2.73. The number of hydrogen-bond acceptors (Lipinski definition) is 4.